The summed E-state index contributed by atoms with van der Waals surface area (Å²) in [4.78, 5) is 0. The van der Waals surface area contributed by atoms with E-state index in [1.165, 1.54) is 12.8 Å². The Balaban J connectivity index is 1.32. The third-order valence-electron chi connectivity index (χ3n) is 7.51. The lowest BCUT2D eigenvalue weighted by molar-refractivity contribution is -0.235. The van der Waals surface area contributed by atoms with E-state index in [4.69, 9.17) is 9.47 Å². The van der Waals surface area contributed by atoms with Crippen LogP contribution >= 0.6 is 0 Å². The summed E-state index contributed by atoms with van der Waals surface area (Å²) in [7, 11) is 0. The Morgan fingerprint density at radius 1 is 1.00 bits per heavy atom. The van der Waals surface area contributed by atoms with Crippen LogP contribution in [0, 0.1) is 22.7 Å². The standard InChI is InChI=1S/C28H36O3/c1-26(16-7-8-20-28(26)30-21-22-31-28)15-6-5-14-25(29)23-27(18-10-19-27)17-9-13-24-11-3-2-4-12-24/h2-6,11-12,14-15,25,29H,7-8,10,16-23H2,1H3/b14-5+,15-6+. The molecule has 3 aliphatic rings. The van der Waals surface area contributed by atoms with Gasteiger partial charge in [0.1, 0.15) is 0 Å². The van der Waals surface area contributed by atoms with Gasteiger partial charge >= 0.3 is 0 Å². The molecule has 0 aromatic heterocycles. The van der Waals surface area contributed by atoms with Gasteiger partial charge in [-0.1, -0.05) is 74.1 Å². The third kappa shape index (κ3) is 5.14. The van der Waals surface area contributed by atoms with Crippen LogP contribution in [0.2, 0.25) is 0 Å². The highest BCUT2D eigenvalue weighted by Gasteiger charge is 2.52. The molecule has 166 valence electrons. The number of aliphatic hydroxyl groups excluding tert-OH is 1. The van der Waals surface area contributed by atoms with Crippen molar-refractivity contribution in [2.45, 2.75) is 76.6 Å². The second-order valence-corrected chi connectivity index (χ2v) is 9.79. The maximum absolute atomic E-state index is 10.7. The van der Waals surface area contributed by atoms with Crippen molar-refractivity contribution in [2.24, 2.45) is 10.8 Å². The van der Waals surface area contributed by atoms with Gasteiger partial charge in [0, 0.05) is 23.8 Å². The molecule has 1 aliphatic heterocycles. The Morgan fingerprint density at radius 2 is 1.74 bits per heavy atom. The zero-order valence-corrected chi connectivity index (χ0v) is 18.8. The molecule has 4 rings (SSSR count). The Bertz CT molecular complexity index is 834. The monoisotopic (exact) mass is 420 g/mol. The van der Waals surface area contributed by atoms with E-state index < -0.39 is 11.9 Å². The lowest BCUT2D eigenvalue weighted by Crippen LogP contribution is -2.48. The molecule has 2 atom stereocenters. The molecule has 0 amide bonds. The summed E-state index contributed by atoms with van der Waals surface area (Å²) in [6.45, 7) is 3.62. The van der Waals surface area contributed by atoms with Gasteiger partial charge in [0.15, 0.2) is 5.79 Å². The van der Waals surface area contributed by atoms with Gasteiger partial charge in [0.05, 0.1) is 19.3 Å². The van der Waals surface area contributed by atoms with Gasteiger partial charge in [0.2, 0.25) is 0 Å². The molecule has 1 saturated heterocycles. The third-order valence-corrected chi connectivity index (χ3v) is 7.51. The van der Waals surface area contributed by atoms with E-state index in [0.29, 0.717) is 13.2 Å². The fourth-order valence-electron chi connectivity index (χ4n) is 5.42. The van der Waals surface area contributed by atoms with Gasteiger partial charge in [-0.25, -0.2) is 0 Å². The molecular formula is C28H36O3. The van der Waals surface area contributed by atoms with E-state index in [0.717, 1.165) is 50.5 Å². The Hall–Kier alpha value is -1.86. The van der Waals surface area contributed by atoms with Crippen LogP contribution in [0.15, 0.2) is 54.6 Å². The van der Waals surface area contributed by atoms with Crippen LogP contribution in [0.5, 0.6) is 0 Å². The topological polar surface area (TPSA) is 38.7 Å². The van der Waals surface area contributed by atoms with E-state index in [9.17, 15) is 5.11 Å². The minimum atomic E-state index is -0.457. The molecule has 3 heteroatoms. The SMILES string of the molecule is CC1(/C=C/C=C/C(O)CC2(CC#Cc3ccccc3)CCC2)CCCCC12OCCO2. The molecule has 0 bridgehead atoms. The predicted octanol–water partition coefficient (Wildman–Crippen LogP) is 5.79. The Kier molecular flexibility index (Phi) is 7.02. The summed E-state index contributed by atoms with van der Waals surface area (Å²) in [5.74, 6) is 6.18. The summed E-state index contributed by atoms with van der Waals surface area (Å²) in [5, 5.41) is 10.7. The molecule has 31 heavy (non-hydrogen) atoms. The van der Waals surface area contributed by atoms with Crippen molar-refractivity contribution >= 4 is 0 Å². The minimum Gasteiger partial charge on any atom is -0.389 e. The van der Waals surface area contributed by atoms with E-state index in [1.807, 2.05) is 42.5 Å². The highest BCUT2D eigenvalue weighted by Crippen LogP contribution is 2.50. The van der Waals surface area contributed by atoms with Crippen LogP contribution < -0.4 is 0 Å². The molecule has 2 unspecified atom stereocenters. The van der Waals surface area contributed by atoms with Crippen LogP contribution in [0.4, 0.5) is 0 Å². The smallest absolute Gasteiger partial charge is 0.177 e. The number of ether oxygens (including phenoxy) is 2. The normalized spacial score (nSPS) is 27.8. The molecule has 0 radical (unpaired) electrons. The fourth-order valence-corrected chi connectivity index (χ4v) is 5.42. The highest BCUT2D eigenvalue weighted by atomic mass is 16.7. The first kappa shape index (κ1) is 22.3. The maximum Gasteiger partial charge on any atom is 0.177 e. The first-order chi connectivity index (χ1) is 15.1. The summed E-state index contributed by atoms with van der Waals surface area (Å²) in [5.41, 5.74) is 1.12. The molecule has 1 spiro atoms. The second-order valence-electron chi connectivity index (χ2n) is 9.79. The van der Waals surface area contributed by atoms with E-state index in [1.54, 1.807) is 0 Å². The van der Waals surface area contributed by atoms with Crippen LogP contribution in [0.3, 0.4) is 0 Å². The Morgan fingerprint density at radius 3 is 2.45 bits per heavy atom. The molecular weight excluding hydrogens is 384 g/mol. The first-order valence-electron chi connectivity index (χ1n) is 11.9. The summed E-state index contributed by atoms with van der Waals surface area (Å²) in [6.07, 6.45) is 17.4. The Labute approximate surface area is 187 Å². The number of benzene rings is 1. The largest absolute Gasteiger partial charge is 0.389 e. The fraction of sp³-hybridized carbons (Fsp3) is 0.571. The summed E-state index contributed by atoms with van der Waals surface area (Å²) >= 11 is 0. The number of allylic oxidation sites excluding steroid dienone is 2. The van der Waals surface area contributed by atoms with Crippen LogP contribution in [-0.4, -0.2) is 30.2 Å². The molecule has 2 aliphatic carbocycles. The average molecular weight is 421 g/mol. The zero-order chi connectivity index (χ0) is 21.6. The van der Waals surface area contributed by atoms with Gasteiger partial charge in [-0.05, 0) is 49.7 Å². The number of aliphatic hydroxyl groups is 1. The molecule has 3 fully saturated rings. The number of hydrogen-bond donors (Lipinski definition) is 1. The van der Waals surface area contributed by atoms with Crippen molar-refractivity contribution in [3.8, 4) is 11.8 Å². The van der Waals surface area contributed by atoms with Gasteiger partial charge in [-0.2, -0.15) is 0 Å². The van der Waals surface area contributed by atoms with E-state index >= 15 is 0 Å². The van der Waals surface area contributed by atoms with Crippen molar-refractivity contribution in [3.05, 3.63) is 60.2 Å². The molecule has 1 N–H and O–H groups in total. The number of rotatable bonds is 6. The average Bonchev–Trinajstić information content (AvgIpc) is 3.23. The lowest BCUT2D eigenvalue weighted by Gasteiger charge is -2.46. The van der Waals surface area contributed by atoms with Crippen molar-refractivity contribution in [2.75, 3.05) is 13.2 Å². The quantitative estimate of drug-likeness (QED) is 0.468. The van der Waals surface area contributed by atoms with Crippen molar-refractivity contribution in [1.29, 1.82) is 0 Å². The zero-order valence-electron chi connectivity index (χ0n) is 18.8. The van der Waals surface area contributed by atoms with Gasteiger partial charge in [0.25, 0.3) is 0 Å². The van der Waals surface area contributed by atoms with Gasteiger partial charge in [-0.3, -0.25) is 0 Å². The van der Waals surface area contributed by atoms with Crippen molar-refractivity contribution in [3.63, 3.8) is 0 Å². The molecule has 1 aromatic carbocycles. The minimum absolute atomic E-state index is 0.112. The summed E-state index contributed by atoms with van der Waals surface area (Å²) in [6, 6.07) is 10.1. The number of hydrogen-bond acceptors (Lipinski definition) is 3. The van der Waals surface area contributed by atoms with Crippen molar-refractivity contribution in [1.82, 2.24) is 0 Å². The van der Waals surface area contributed by atoms with Gasteiger partial charge in [-0.15, -0.1) is 0 Å². The highest BCUT2D eigenvalue weighted by molar-refractivity contribution is 5.33. The molecule has 1 aromatic rings. The molecule has 1 heterocycles. The van der Waals surface area contributed by atoms with Gasteiger partial charge < -0.3 is 14.6 Å². The van der Waals surface area contributed by atoms with Crippen LogP contribution in [0.1, 0.15) is 70.3 Å². The first-order valence-corrected chi connectivity index (χ1v) is 11.9. The predicted molar refractivity (Wildman–Crippen MR) is 124 cm³/mol. The molecule has 2 saturated carbocycles. The van der Waals surface area contributed by atoms with E-state index in [-0.39, 0.29) is 10.8 Å². The van der Waals surface area contributed by atoms with E-state index in [2.05, 4.69) is 30.9 Å². The maximum atomic E-state index is 10.7. The molecule has 3 nitrogen and oxygen atoms in total. The lowest BCUT2D eigenvalue weighted by atomic mass is 9.64. The van der Waals surface area contributed by atoms with Crippen molar-refractivity contribution < 1.29 is 14.6 Å². The summed E-state index contributed by atoms with van der Waals surface area (Å²) < 4.78 is 12.1. The van der Waals surface area contributed by atoms with Crippen LogP contribution in [-0.2, 0) is 9.47 Å². The second kappa shape index (κ2) is 9.74. The van der Waals surface area contributed by atoms with Crippen LogP contribution in [0.25, 0.3) is 0 Å².